The molecule has 0 aliphatic rings. The van der Waals surface area contributed by atoms with Crippen molar-refractivity contribution in [2.45, 2.75) is 19.4 Å². The van der Waals surface area contributed by atoms with E-state index in [1.807, 2.05) is 26.1 Å². The van der Waals surface area contributed by atoms with E-state index in [4.69, 9.17) is 0 Å². The van der Waals surface area contributed by atoms with Crippen molar-refractivity contribution in [3.8, 4) is 0 Å². The van der Waals surface area contributed by atoms with Gasteiger partial charge in [0.2, 0.25) is 0 Å². The molecule has 0 aliphatic carbocycles. The summed E-state index contributed by atoms with van der Waals surface area (Å²) in [5, 5.41) is 3.19. The van der Waals surface area contributed by atoms with Crippen molar-refractivity contribution in [1.29, 1.82) is 0 Å². The molecule has 0 spiro atoms. The molecule has 1 unspecified atom stereocenters. The van der Waals surface area contributed by atoms with E-state index in [-0.39, 0.29) is 11.9 Å². The predicted octanol–water partition coefficient (Wildman–Crippen LogP) is 2.97. The maximum atomic E-state index is 12.9. The largest absolute Gasteiger partial charge is 0.313 e. The number of hydrogen-bond acceptors (Lipinski definition) is 1. The smallest absolute Gasteiger partial charge is 0.123 e. The molecule has 0 saturated carbocycles. The standard InChI is InChI=1S/C12H16FN/c1-4-5-12(14-3)11-7-6-10(13)8-9(11)2/h4,6-8,12,14H,1,5H2,2-3H3. The first-order valence-electron chi connectivity index (χ1n) is 4.73. The Labute approximate surface area is 84.6 Å². The number of rotatable bonds is 4. The van der Waals surface area contributed by atoms with Gasteiger partial charge in [0.25, 0.3) is 0 Å². The average Bonchev–Trinajstić information content (AvgIpc) is 2.15. The molecule has 1 N–H and O–H groups in total. The molecule has 0 amide bonds. The van der Waals surface area contributed by atoms with Gasteiger partial charge in [-0.25, -0.2) is 4.39 Å². The molecule has 0 fully saturated rings. The Morgan fingerprint density at radius 2 is 2.29 bits per heavy atom. The van der Waals surface area contributed by atoms with Crippen molar-refractivity contribution in [3.63, 3.8) is 0 Å². The lowest BCUT2D eigenvalue weighted by Crippen LogP contribution is -2.16. The van der Waals surface area contributed by atoms with Crippen LogP contribution < -0.4 is 5.32 Å². The number of nitrogens with one attached hydrogen (secondary N) is 1. The molecular weight excluding hydrogens is 177 g/mol. The lowest BCUT2D eigenvalue weighted by atomic mass is 9.99. The third-order valence-corrected chi connectivity index (χ3v) is 2.36. The van der Waals surface area contributed by atoms with Gasteiger partial charge < -0.3 is 5.32 Å². The molecule has 1 aromatic carbocycles. The zero-order valence-electron chi connectivity index (χ0n) is 8.68. The summed E-state index contributed by atoms with van der Waals surface area (Å²) < 4.78 is 12.9. The third-order valence-electron chi connectivity index (χ3n) is 2.36. The fourth-order valence-corrected chi connectivity index (χ4v) is 1.60. The average molecular weight is 193 g/mol. The molecule has 1 nitrogen and oxygen atoms in total. The first-order chi connectivity index (χ1) is 6.69. The van der Waals surface area contributed by atoms with Gasteiger partial charge in [-0.1, -0.05) is 12.1 Å². The van der Waals surface area contributed by atoms with Gasteiger partial charge >= 0.3 is 0 Å². The Hall–Kier alpha value is -1.15. The molecule has 76 valence electrons. The van der Waals surface area contributed by atoms with Gasteiger partial charge in [-0.3, -0.25) is 0 Å². The van der Waals surface area contributed by atoms with Crippen LogP contribution in [0.25, 0.3) is 0 Å². The van der Waals surface area contributed by atoms with E-state index in [0.29, 0.717) is 0 Å². The van der Waals surface area contributed by atoms with Gasteiger partial charge in [-0.2, -0.15) is 0 Å². The second kappa shape index (κ2) is 4.91. The second-order valence-electron chi connectivity index (χ2n) is 3.37. The quantitative estimate of drug-likeness (QED) is 0.725. The zero-order valence-corrected chi connectivity index (χ0v) is 8.68. The maximum absolute atomic E-state index is 12.9. The Bertz CT molecular complexity index is 320. The van der Waals surface area contributed by atoms with Crippen LogP contribution in [0.1, 0.15) is 23.6 Å². The van der Waals surface area contributed by atoms with Gasteiger partial charge in [0.15, 0.2) is 0 Å². The molecule has 14 heavy (non-hydrogen) atoms. The molecule has 2 heteroatoms. The van der Waals surface area contributed by atoms with Crippen LogP contribution in [0.5, 0.6) is 0 Å². The summed E-state index contributed by atoms with van der Waals surface area (Å²) >= 11 is 0. The van der Waals surface area contributed by atoms with E-state index in [9.17, 15) is 4.39 Å². The van der Waals surface area contributed by atoms with Crippen molar-refractivity contribution in [2.24, 2.45) is 0 Å². The molecule has 1 atom stereocenters. The first kappa shape index (κ1) is 10.9. The fourth-order valence-electron chi connectivity index (χ4n) is 1.60. The van der Waals surface area contributed by atoms with Crippen LogP contribution in [0.4, 0.5) is 4.39 Å². The second-order valence-corrected chi connectivity index (χ2v) is 3.37. The number of aryl methyl sites for hydroxylation is 1. The molecule has 0 heterocycles. The van der Waals surface area contributed by atoms with Crippen molar-refractivity contribution in [1.82, 2.24) is 5.32 Å². The van der Waals surface area contributed by atoms with Crippen LogP contribution in [0.15, 0.2) is 30.9 Å². The van der Waals surface area contributed by atoms with E-state index in [1.54, 1.807) is 6.07 Å². The predicted molar refractivity (Wildman–Crippen MR) is 57.8 cm³/mol. The SMILES string of the molecule is C=CCC(NC)c1ccc(F)cc1C. The molecular formula is C12H16FN. The minimum absolute atomic E-state index is 0.181. The van der Waals surface area contributed by atoms with Crippen molar-refractivity contribution in [3.05, 3.63) is 47.8 Å². The van der Waals surface area contributed by atoms with E-state index in [0.717, 1.165) is 17.5 Å². The van der Waals surface area contributed by atoms with Crippen LogP contribution >= 0.6 is 0 Å². The van der Waals surface area contributed by atoms with E-state index in [2.05, 4.69) is 11.9 Å². The highest BCUT2D eigenvalue weighted by Gasteiger charge is 2.09. The van der Waals surface area contributed by atoms with Gasteiger partial charge in [0.1, 0.15) is 5.82 Å². The topological polar surface area (TPSA) is 12.0 Å². The van der Waals surface area contributed by atoms with E-state index < -0.39 is 0 Å². The molecule has 1 rings (SSSR count). The molecule has 0 aliphatic heterocycles. The monoisotopic (exact) mass is 193 g/mol. The first-order valence-corrected chi connectivity index (χ1v) is 4.73. The molecule has 0 bridgehead atoms. The number of benzene rings is 1. The lowest BCUT2D eigenvalue weighted by molar-refractivity contribution is 0.591. The van der Waals surface area contributed by atoms with E-state index >= 15 is 0 Å². The van der Waals surface area contributed by atoms with Crippen molar-refractivity contribution < 1.29 is 4.39 Å². The summed E-state index contributed by atoms with van der Waals surface area (Å²) in [6.07, 6.45) is 2.72. The summed E-state index contributed by atoms with van der Waals surface area (Å²) in [7, 11) is 1.90. The minimum Gasteiger partial charge on any atom is -0.313 e. The normalized spacial score (nSPS) is 12.5. The molecule has 0 radical (unpaired) electrons. The summed E-state index contributed by atoms with van der Waals surface area (Å²) in [5.74, 6) is -0.181. The molecule has 0 aromatic heterocycles. The van der Waals surface area contributed by atoms with Gasteiger partial charge in [-0.15, -0.1) is 6.58 Å². The van der Waals surface area contributed by atoms with Crippen LogP contribution in [0.3, 0.4) is 0 Å². The van der Waals surface area contributed by atoms with Crippen molar-refractivity contribution in [2.75, 3.05) is 7.05 Å². The Kier molecular flexibility index (Phi) is 3.84. The number of hydrogen-bond donors (Lipinski definition) is 1. The Morgan fingerprint density at radius 1 is 1.57 bits per heavy atom. The summed E-state index contributed by atoms with van der Waals surface area (Å²) in [6.45, 7) is 5.63. The Morgan fingerprint density at radius 3 is 2.79 bits per heavy atom. The van der Waals surface area contributed by atoms with Crippen LogP contribution in [-0.4, -0.2) is 7.05 Å². The van der Waals surface area contributed by atoms with Crippen LogP contribution in [0, 0.1) is 12.7 Å². The Balaban J connectivity index is 2.97. The highest BCUT2D eigenvalue weighted by atomic mass is 19.1. The highest BCUT2D eigenvalue weighted by Crippen LogP contribution is 2.21. The van der Waals surface area contributed by atoms with E-state index in [1.165, 1.54) is 6.07 Å². The molecule has 0 saturated heterocycles. The summed E-state index contributed by atoms with van der Waals surface area (Å²) in [6, 6.07) is 5.11. The zero-order chi connectivity index (χ0) is 10.6. The summed E-state index contributed by atoms with van der Waals surface area (Å²) in [5.41, 5.74) is 2.11. The third kappa shape index (κ3) is 2.42. The highest BCUT2D eigenvalue weighted by molar-refractivity contribution is 5.29. The van der Waals surface area contributed by atoms with Gasteiger partial charge in [-0.05, 0) is 43.7 Å². The van der Waals surface area contributed by atoms with Crippen molar-refractivity contribution >= 4 is 0 Å². The van der Waals surface area contributed by atoms with Crippen LogP contribution in [-0.2, 0) is 0 Å². The lowest BCUT2D eigenvalue weighted by Gasteiger charge is -2.16. The van der Waals surface area contributed by atoms with Gasteiger partial charge in [0, 0.05) is 6.04 Å². The fraction of sp³-hybridized carbons (Fsp3) is 0.333. The van der Waals surface area contributed by atoms with Gasteiger partial charge in [0.05, 0.1) is 0 Å². The summed E-state index contributed by atoms with van der Waals surface area (Å²) in [4.78, 5) is 0. The molecule has 1 aromatic rings. The number of halogens is 1. The maximum Gasteiger partial charge on any atom is 0.123 e. The van der Waals surface area contributed by atoms with Crippen LogP contribution in [0.2, 0.25) is 0 Å². The minimum atomic E-state index is -0.181.